The van der Waals surface area contributed by atoms with Gasteiger partial charge in [-0.25, -0.2) is 0 Å². The smallest absolute Gasteiger partial charge is 0.305 e. The van der Waals surface area contributed by atoms with Gasteiger partial charge in [-0.15, -0.1) is 0 Å². The highest BCUT2D eigenvalue weighted by Gasteiger charge is 2.35. The zero-order valence-electron chi connectivity index (χ0n) is 7.29. The molecule has 0 aromatic rings. The minimum Gasteiger partial charge on any atom is -0.469 e. The second-order valence-corrected chi connectivity index (χ2v) is 3.26. The molecule has 12 heavy (non-hydrogen) atoms. The molecule has 0 amide bonds. The van der Waals surface area contributed by atoms with E-state index in [2.05, 4.69) is 4.74 Å². The summed E-state index contributed by atoms with van der Waals surface area (Å²) in [5.74, 6) is 0.674. The first-order valence-electron chi connectivity index (χ1n) is 4.30. The molecule has 3 nitrogen and oxygen atoms in total. The standard InChI is InChI=1S/C9H14O3/c1-12-9(11)4-2-3-7-5-8(7)6-10/h6-8H,2-5H2,1H3/t7-,8+/m1/s1. The van der Waals surface area contributed by atoms with Crippen LogP contribution in [0.25, 0.3) is 0 Å². The van der Waals surface area contributed by atoms with E-state index in [1.807, 2.05) is 0 Å². The Hall–Kier alpha value is -0.860. The summed E-state index contributed by atoms with van der Waals surface area (Å²) >= 11 is 0. The van der Waals surface area contributed by atoms with Crippen molar-refractivity contribution < 1.29 is 14.3 Å². The Morgan fingerprint density at radius 1 is 1.67 bits per heavy atom. The van der Waals surface area contributed by atoms with E-state index < -0.39 is 0 Å². The van der Waals surface area contributed by atoms with Crippen LogP contribution in [0.1, 0.15) is 25.7 Å². The average molecular weight is 170 g/mol. The predicted molar refractivity (Wildman–Crippen MR) is 43.5 cm³/mol. The summed E-state index contributed by atoms with van der Waals surface area (Å²) in [6.45, 7) is 0. The SMILES string of the molecule is COC(=O)CCC[C@@H]1C[C@H]1C=O. The highest BCUT2D eigenvalue weighted by molar-refractivity contribution is 5.69. The van der Waals surface area contributed by atoms with Crippen LogP contribution in [0.15, 0.2) is 0 Å². The molecule has 2 atom stereocenters. The molecule has 0 aromatic heterocycles. The van der Waals surface area contributed by atoms with Crippen LogP contribution in [0, 0.1) is 11.8 Å². The van der Waals surface area contributed by atoms with Gasteiger partial charge in [0, 0.05) is 12.3 Å². The second kappa shape index (κ2) is 4.24. The zero-order valence-corrected chi connectivity index (χ0v) is 7.29. The van der Waals surface area contributed by atoms with Gasteiger partial charge in [-0.2, -0.15) is 0 Å². The van der Waals surface area contributed by atoms with E-state index in [1.165, 1.54) is 7.11 Å². The summed E-state index contributed by atoms with van der Waals surface area (Å²) in [4.78, 5) is 20.9. The summed E-state index contributed by atoms with van der Waals surface area (Å²) in [6.07, 6.45) is 4.35. The first-order valence-corrected chi connectivity index (χ1v) is 4.30. The maximum Gasteiger partial charge on any atom is 0.305 e. The molecule has 0 spiro atoms. The lowest BCUT2D eigenvalue weighted by Crippen LogP contribution is -1.99. The van der Waals surface area contributed by atoms with Crippen molar-refractivity contribution in [2.75, 3.05) is 7.11 Å². The fraction of sp³-hybridized carbons (Fsp3) is 0.778. The van der Waals surface area contributed by atoms with Gasteiger partial charge in [-0.1, -0.05) is 0 Å². The molecule has 0 N–H and O–H groups in total. The van der Waals surface area contributed by atoms with Crippen molar-refractivity contribution >= 4 is 12.3 Å². The summed E-state index contributed by atoms with van der Waals surface area (Å²) in [5.41, 5.74) is 0. The fourth-order valence-electron chi connectivity index (χ4n) is 1.38. The van der Waals surface area contributed by atoms with Crippen molar-refractivity contribution in [3.63, 3.8) is 0 Å². The molecule has 0 radical (unpaired) electrons. The van der Waals surface area contributed by atoms with Gasteiger partial charge in [0.1, 0.15) is 6.29 Å². The van der Waals surface area contributed by atoms with Crippen LogP contribution in [-0.4, -0.2) is 19.4 Å². The molecule has 1 rings (SSSR count). The summed E-state index contributed by atoms with van der Waals surface area (Å²) in [7, 11) is 1.40. The Labute approximate surface area is 72.1 Å². The number of esters is 1. The van der Waals surface area contributed by atoms with Crippen LogP contribution in [0.3, 0.4) is 0 Å². The molecule has 0 aliphatic heterocycles. The van der Waals surface area contributed by atoms with Crippen molar-refractivity contribution in [2.24, 2.45) is 11.8 Å². The normalized spacial score (nSPS) is 26.4. The number of methoxy groups -OCH3 is 1. The molecule has 1 aliphatic carbocycles. The van der Waals surface area contributed by atoms with E-state index in [1.54, 1.807) is 0 Å². The molecule has 1 fully saturated rings. The quantitative estimate of drug-likeness (QED) is 0.459. The number of aldehydes is 1. The van der Waals surface area contributed by atoms with E-state index >= 15 is 0 Å². The number of rotatable bonds is 5. The number of hydrogen-bond donors (Lipinski definition) is 0. The Bertz CT molecular complexity index is 177. The van der Waals surface area contributed by atoms with Gasteiger partial charge in [-0.3, -0.25) is 4.79 Å². The number of ether oxygens (including phenoxy) is 1. The highest BCUT2D eigenvalue weighted by atomic mass is 16.5. The van der Waals surface area contributed by atoms with E-state index in [4.69, 9.17) is 0 Å². The van der Waals surface area contributed by atoms with E-state index in [9.17, 15) is 9.59 Å². The molecule has 0 bridgehead atoms. The minimum atomic E-state index is -0.154. The maximum absolute atomic E-state index is 10.7. The van der Waals surface area contributed by atoms with E-state index in [0.717, 1.165) is 25.5 Å². The Kier molecular flexibility index (Phi) is 3.26. The van der Waals surface area contributed by atoms with Crippen molar-refractivity contribution in [3.05, 3.63) is 0 Å². The maximum atomic E-state index is 10.7. The van der Waals surface area contributed by atoms with Gasteiger partial charge in [0.25, 0.3) is 0 Å². The van der Waals surface area contributed by atoms with Gasteiger partial charge >= 0.3 is 5.97 Å². The number of hydrogen-bond acceptors (Lipinski definition) is 3. The Morgan fingerprint density at radius 2 is 2.42 bits per heavy atom. The number of carbonyl (C=O) groups is 2. The molecule has 0 aromatic carbocycles. The van der Waals surface area contributed by atoms with Crippen molar-refractivity contribution in [3.8, 4) is 0 Å². The zero-order chi connectivity index (χ0) is 8.97. The molecular weight excluding hydrogens is 156 g/mol. The third-order valence-corrected chi connectivity index (χ3v) is 2.34. The second-order valence-electron chi connectivity index (χ2n) is 3.26. The lowest BCUT2D eigenvalue weighted by molar-refractivity contribution is -0.140. The molecule has 0 unspecified atom stereocenters. The first-order chi connectivity index (χ1) is 5.77. The van der Waals surface area contributed by atoms with E-state index in [-0.39, 0.29) is 11.9 Å². The Balaban J connectivity index is 1.97. The highest BCUT2D eigenvalue weighted by Crippen LogP contribution is 2.40. The molecule has 0 heterocycles. The lowest BCUT2D eigenvalue weighted by atomic mass is 10.1. The summed E-state index contributed by atoms with van der Waals surface area (Å²) in [5, 5.41) is 0. The van der Waals surface area contributed by atoms with Crippen LogP contribution in [0.5, 0.6) is 0 Å². The third-order valence-electron chi connectivity index (χ3n) is 2.34. The molecule has 68 valence electrons. The summed E-state index contributed by atoms with van der Waals surface area (Å²) in [6, 6.07) is 0. The van der Waals surface area contributed by atoms with Crippen molar-refractivity contribution in [1.29, 1.82) is 0 Å². The monoisotopic (exact) mass is 170 g/mol. The van der Waals surface area contributed by atoms with Gasteiger partial charge < -0.3 is 9.53 Å². The molecule has 1 saturated carbocycles. The third kappa shape index (κ3) is 2.64. The Morgan fingerprint density at radius 3 is 2.92 bits per heavy atom. The van der Waals surface area contributed by atoms with Crippen molar-refractivity contribution in [1.82, 2.24) is 0 Å². The van der Waals surface area contributed by atoms with Crippen LogP contribution >= 0.6 is 0 Å². The first kappa shape index (κ1) is 9.23. The lowest BCUT2D eigenvalue weighted by Gasteiger charge is -1.97. The molecule has 0 saturated heterocycles. The summed E-state index contributed by atoms with van der Waals surface area (Å²) < 4.78 is 4.50. The number of carbonyl (C=O) groups excluding carboxylic acids is 2. The van der Waals surface area contributed by atoms with Crippen LogP contribution in [0.4, 0.5) is 0 Å². The van der Waals surface area contributed by atoms with Crippen LogP contribution in [0.2, 0.25) is 0 Å². The average Bonchev–Trinajstić information content (AvgIpc) is 2.83. The van der Waals surface area contributed by atoms with Gasteiger partial charge in [0.15, 0.2) is 0 Å². The largest absolute Gasteiger partial charge is 0.469 e. The van der Waals surface area contributed by atoms with Gasteiger partial charge in [0.2, 0.25) is 0 Å². The van der Waals surface area contributed by atoms with Gasteiger partial charge in [-0.05, 0) is 25.2 Å². The van der Waals surface area contributed by atoms with Crippen LogP contribution in [-0.2, 0) is 14.3 Å². The fourth-order valence-corrected chi connectivity index (χ4v) is 1.38. The topological polar surface area (TPSA) is 43.4 Å². The molecule has 3 heteroatoms. The molecular formula is C9H14O3. The molecule has 1 aliphatic rings. The minimum absolute atomic E-state index is 0.154. The van der Waals surface area contributed by atoms with Crippen LogP contribution < -0.4 is 0 Å². The predicted octanol–water partition coefficient (Wildman–Crippen LogP) is 1.16. The van der Waals surface area contributed by atoms with E-state index in [0.29, 0.717) is 12.3 Å². The van der Waals surface area contributed by atoms with Gasteiger partial charge in [0.05, 0.1) is 7.11 Å². The van der Waals surface area contributed by atoms with Crippen molar-refractivity contribution in [2.45, 2.75) is 25.7 Å².